The van der Waals surface area contributed by atoms with Gasteiger partial charge >= 0.3 is 0 Å². The Balaban J connectivity index is 1.98. The fraction of sp³-hybridized carbons (Fsp3) is 0.529. The highest BCUT2D eigenvalue weighted by Gasteiger charge is 2.40. The number of carbonyl (C=O) groups excluding carboxylic acids is 2. The normalized spacial score (nSPS) is 18.3. The smallest absolute Gasteiger partial charge is 0.245 e. The zero-order chi connectivity index (χ0) is 16.0. The molecule has 5 heteroatoms. The zero-order valence-corrected chi connectivity index (χ0v) is 13.1. The highest BCUT2D eigenvalue weighted by molar-refractivity contribution is 5.91. The molecular formula is C17H25N3O2. The van der Waals surface area contributed by atoms with Crippen molar-refractivity contribution in [3.05, 3.63) is 35.9 Å². The molecule has 1 aromatic carbocycles. The van der Waals surface area contributed by atoms with Crippen LogP contribution in [-0.4, -0.2) is 23.9 Å². The fourth-order valence-corrected chi connectivity index (χ4v) is 3.09. The molecule has 1 aromatic rings. The predicted molar refractivity (Wildman–Crippen MR) is 86.0 cm³/mol. The minimum Gasteiger partial charge on any atom is -0.352 e. The number of benzene rings is 1. The Bertz CT molecular complexity index is 510. The highest BCUT2D eigenvalue weighted by Crippen LogP contribution is 2.28. The third-order valence-electron chi connectivity index (χ3n) is 4.27. The summed E-state index contributed by atoms with van der Waals surface area (Å²) in [5, 5.41) is 5.78. The van der Waals surface area contributed by atoms with E-state index in [1.54, 1.807) is 0 Å². The van der Waals surface area contributed by atoms with Crippen LogP contribution in [-0.2, 0) is 9.59 Å². The SMILES string of the molecule is CC(=O)NC1(C(=O)NCC(N)c2ccccc2)CCCCC1. The maximum absolute atomic E-state index is 12.6. The van der Waals surface area contributed by atoms with E-state index < -0.39 is 5.54 Å². The summed E-state index contributed by atoms with van der Waals surface area (Å²) < 4.78 is 0. The molecule has 0 aromatic heterocycles. The van der Waals surface area contributed by atoms with Gasteiger partial charge in [0.25, 0.3) is 0 Å². The molecule has 5 nitrogen and oxygen atoms in total. The molecule has 0 radical (unpaired) electrons. The number of amides is 2. The molecule has 2 amide bonds. The van der Waals surface area contributed by atoms with Gasteiger partial charge in [-0.1, -0.05) is 49.6 Å². The topological polar surface area (TPSA) is 84.2 Å². The molecular weight excluding hydrogens is 278 g/mol. The van der Waals surface area contributed by atoms with Crippen molar-refractivity contribution in [2.45, 2.75) is 50.6 Å². The first-order valence-electron chi connectivity index (χ1n) is 7.91. The Morgan fingerprint density at radius 2 is 1.82 bits per heavy atom. The first kappa shape index (κ1) is 16.5. The lowest BCUT2D eigenvalue weighted by atomic mass is 9.80. The van der Waals surface area contributed by atoms with E-state index in [0.717, 1.165) is 24.8 Å². The van der Waals surface area contributed by atoms with E-state index in [4.69, 9.17) is 5.73 Å². The van der Waals surface area contributed by atoms with Crippen LogP contribution in [0.15, 0.2) is 30.3 Å². The van der Waals surface area contributed by atoms with Crippen molar-refractivity contribution >= 4 is 11.8 Å². The van der Waals surface area contributed by atoms with Crippen LogP contribution >= 0.6 is 0 Å². The molecule has 2 rings (SSSR count). The molecule has 4 N–H and O–H groups in total. The van der Waals surface area contributed by atoms with Crippen LogP contribution in [0.3, 0.4) is 0 Å². The number of hydrogen-bond acceptors (Lipinski definition) is 3. The molecule has 22 heavy (non-hydrogen) atoms. The lowest BCUT2D eigenvalue weighted by Gasteiger charge is -2.36. The fourth-order valence-electron chi connectivity index (χ4n) is 3.09. The van der Waals surface area contributed by atoms with Crippen LogP contribution in [0, 0.1) is 0 Å². The van der Waals surface area contributed by atoms with E-state index in [9.17, 15) is 9.59 Å². The van der Waals surface area contributed by atoms with E-state index in [1.807, 2.05) is 30.3 Å². The average Bonchev–Trinajstić information content (AvgIpc) is 2.53. The average molecular weight is 303 g/mol. The molecule has 0 heterocycles. The minimum atomic E-state index is -0.763. The molecule has 120 valence electrons. The number of nitrogens with two attached hydrogens (primary N) is 1. The van der Waals surface area contributed by atoms with Gasteiger partial charge in [-0.25, -0.2) is 0 Å². The second kappa shape index (κ2) is 7.40. The van der Waals surface area contributed by atoms with Crippen molar-refractivity contribution in [3.63, 3.8) is 0 Å². The summed E-state index contributed by atoms with van der Waals surface area (Å²) in [5.41, 5.74) is 6.34. The summed E-state index contributed by atoms with van der Waals surface area (Å²) in [6, 6.07) is 9.43. The molecule has 1 fully saturated rings. The van der Waals surface area contributed by atoms with E-state index in [-0.39, 0.29) is 17.9 Å². The van der Waals surface area contributed by atoms with Gasteiger partial charge in [0.05, 0.1) is 0 Å². The van der Waals surface area contributed by atoms with Crippen LogP contribution < -0.4 is 16.4 Å². The van der Waals surface area contributed by atoms with Crippen LogP contribution in [0.2, 0.25) is 0 Å². The van der Waals surface area contributed by atoms with Crippen LogP contribution in [0.25, 0.3) is 0 Å². The summed E-state index contributed by atoms with van der Waals surface area (Å²) in [7, 11) is 0. The maximum atomic E-state index is 12.6. The molecule has 0 aliphatic heterocycles. The first-order chi connectivity index (χ1) is 10.5. The Kier molecular flexibility index (Phi) is 5.55. The van der Waals surface area contributed by atoms with Crippen LogP contribution in [0.1, 0.15) is 50.6 Å². The third kappa shape index (κ3) is 4.07. The minimum absolute atomic E-state index is 0.117. The van der Waals surface area contributed by atoms with Gasteiger partial charge in [0.1, 0.15) is 5.54 Å². The van der Waals surface area contributed by atoms with Gasteiger partial charge in [0.2, 0.25) is 11.8 Å². The Morgan fingerprint density at radius 1 is 1.18 bits per heavy atom. The summed E-state index contributed by atoms with van der Waals surface area (Å²) in [4.78, 5) is 24.1. The van der Waals surface area contributed by atoms with Crippen molar-refractivity contribution in [2.75, 3.05) is 6.54 Å². The number of nitrogens with one attached hydrogen (secondary N) is 2. The van der Waals surface area contributed by atoms with E-state index >= 15 is 0 Å². The van der Waals surface area contributed by atoms with Gasteiger partial charge in [-0.05, 0) is 18.4 Å². The van der Waals surface area contributed by atoms with Crippen molar-refractivity contribution < 1.29 is 9.59 Å². The molecule has 0 bridgehead atoms. The molecule has 0 spiro atoms. The molecule has 1 aliphatic carbocycles. The van der Waals surface area contributed by atoms with Crippen molar-refractivity contribution in [2.24, 2.45) is 5.73 Å². The van der Waals surface area contributed by atoms with E-state index in [2.05, 4.69) is 10.6 Å². The number of hydrogen-bond donors (Lipinski definition) is 3. The molecule has 1 saturated carbocycles. The third-order valence-corrected chi connectivity index (χ3v) is 4.27. The largest absolute Gasteiger partial charge is 0.352 e. The monoisotopic (exact) mass is 303 g/mol. The Labute approximate surface area is 131 Å². The predicted octanol–water partition coefficient (Wildman–Crippen LogP) is 1.64. The summed E-state index contributed by atoms with van der Waals surface area (Å²) in [6.45, 7) is 1.82. The Hall–Kier alpha value is -1.88. The van der Waals surface area contributed by atoms with Gasteiger partial charge in [0.15, 0.2) is 0 Å². The molecule has 1 aliphatic rings. The van der Waals surface area contributed by atoms with Gasteiger partial charge < -0.3 is 16.4 Å². The molecule has 1 atom stereocenters. The van der Waals surface area contributed by atoms with Gasteiger partial charge in [0, 0.05) is 19.5 Å². The van der Waals surface area contributed by atoms with Gasteiger partial charge in [-0.3, -0.25) is 9.59 Å². The van der Waals surface area contributed by atoms with E-state index in [1.165, 1.54) is 6.92 Å². The van der Waals surface area contributed by atoms with Crippen LogP contribution in [0.4, 0.5) is 0 Å². The van der Waals surface area contributed by atoms with Crippen LogP contribution in [0.5, 0.6) is 0 Å². The number of rotatable bonds is 5. The maximum Gasteiger partial charge on any atom is 0.245 e. The number of carbonyl (C=O) groups is 2. The highest BCUT2D eigenvalue weighted by atomic mass is 16.2. The lowest BCUT2D eigenvalue weighted by molar-refractivity contribution is -0.134. The first-order valence-corrected chi connectivity index (χ1v) is 7.91. The summed E-state index contributed by atoms with van der Waals surface area (Å²) in [5.74, 6) is -0.279. The van der Waals surface area contributed by atoms with Gasteiger partial charge in [-0.15, -0.1) is 0 Å². The second-order valence-electron chi connectivity index (χ2n) is 6.05. The van der Waals surface area contributed by atoms with Gasteiger partial charge in [-0.2, -0.15) is 0 Å². The van der Waals surface area contributed by atoms with E-state index in [0.29, 0.717) is 19.4 Å². The summed E-state index contributed by atoms with van der Waals surface area (Å²) >= 11 is 0. The van der Waals surface area contributed by atoms with Crippen molar-refractivity contribution in [3.8, 4) is 0 Å². The molecule has 1 unspecified atom stereocenters. The van der Waals surface area contributed by atoms with Crippen molar-refractivity contribution in [1.29, 1.82) is 0 Å². The summed E-state index contributed by atoms with van der Waals surface area (Å²) in [6.07, 6.45) is 4.41. The quantitative estimate of drug-likeness (QED) is 0.773. The van der Waals surface area contributed by atoms with Crippen molar-refractivity contribution in [1.82, 2.24) is 10.6 Å². The zero-order valence-electron chi connectivity index (χ0n) is 13.1. The standard InChI is InChI=1S/C17H25N3O2/c1-13(21)20-17(10-6-3-7-11-17)16(22)19-12-15(18)14-8-4-2-5-9-14/h2,4-5,8-9,15H,3,6-7,10-12,18H2,1H3,(H,19,22)(H,20,21). The Morgan fingerprint density at radius 3 is 2.41 bits per heavy atom. The molecule has 0 saturated heterocycles. The lowest BCUT2D eigenvalue weighted by Crippen LogP contribution is -2.59. The second-order valence-corrected chi connectivity index (χ2v) is 6.05.